The highest BCUT2D eigenvalue weighted by Crippen LogP contribution is 2.69. The molecular formula is C26H44O4. The minimum absolute atomic E-state index is 0.194. The van der Waals surface area contributed by atoms with Gasteiger partial charge in [-0.2, -0.15) is 0 Å². The van der Waals surface area contributed by atoms with E-state index < -0.39 is 5.97 Å². The number of carbonyl (C=O) groups is 1. The van der Waals surface area contributed by atoms with Crippen molar-refractivity contribution in [1.29, 1.82) is 0 Å². The average Bonchev–Trinajstić information content (AvgIpc) is 3.05. The van der Waals surface area contributed by atoms with Gasteiger partial charge in [0, 0.05) is 6.42 Å². The third-order valence-electron chi connectivity index (χ3n) is 11.0. The minimum Gasteiger partial charge on any atom is -0.481 e. The first kappa shape index (κ1) is 22.6. The molecule has 4 fully saturated rings. The zero-order valence-corrected chi connectivity index (χ0v) is 19.5. The van der Waals surface area contributed by atoms with E-state index in [9.17, 15) is 15.0 Å². The lowest BCUT2D eigenvalue weighted by molar-refractivity contribution is -0.203. The van der Waals surface area contributed by atoms with Crippen molar-refractivity contribution in [3.05, 3.63) is 0 Å². The van der Waals surface area contributed by atoms with Crippen molar-refractivity contribution in [3.63, 3.8) is 0 Å². The largest absolute Gasteiger partial charge is 0.481 e. The van der Waals surface area contributed by atoms with Gasteiger partial charge in [-0.15, -0.1) is 0 Å². The van der Waals surface area contributed by atoms with E-state index in [1.165, 1.54) is 25.7 Å². The maximum atomic E-state index is 11.7. The maximum Gasteiger partial charge on any atom is 0.303 e. The van der Waals surface area contributed by atoms with Gasteiger partial charge in [-0.25, -0.2) is 0 Å². The van der Waals surface area contributed by atoms with Gasteiger partial charge < -0.3 is 15.3 Å². The molecule has 0 aromatic carbocycles. The third kappa shape index (κ3) is 3.36. The van der Waals surface area contributed by atoms with Crippen LogP contribution in [0.4, 0.5) is 0 Å². The smallest absolute Gasteiger partial charge is 0.303 e. The first-order chi connectivity index (χ1) is 14.1. The summed E-state index contributed by atoms with van der Waals surface area (Å²) in [7, 11) is 0. The number of aliphatic carboxylic acids is 1. The number of carboxylic acids is 1. The van der Waals surface area contributed by atoms with Gasteiger partial charge in [0.05, 0.1) is 12.2 Å². The normalized spacial score (nSPS) is 51.5. The average molecular weight is 421 g/mol. The summed E-state index contributed by atoms with van der Waals surface area (Å²) in [5, 5.41) is 31.3. The van der Waals surface area contributed by atoms with Crippen molar-refractivity contribution < 1.29 is 20.1 Å². The maximum absolute atomic E-state index is 11.7. The molecule has 30 heavy (non-hydrogen) atoms. The van der Waals surface area contributed by atoms with Crippen LogP contribution in [-0.2, 0) is 4.79 Å². The van der Waals surface area contributed by atoms with Crippen molar-refractivity contribution in [3.8, 4) is 0 Å². The SMILES string of the molecule is CC[C@@H]1C2CC(O)CC[C@]2(C)C2CC[C@@]3(C)C(CCC3[C@H](C)CCC(=O)O)C2[C@@H]1O. The van der Waals surface area contributed by atoms with Gasteiger partial charge in [0.15, 0.2) is 0 Å². The molecule has 0 saturated heterocycles. The van der Waals surface area contributed by atoms with Gasteiger partial charge in [0.2, 0.25) is 0 Å². The quantitative estimate of drug-likeness (QED) is 0.577. The fraction of sp³-hybridized carbons (Fsp3) is 0.962. The first-order valence-electron chi connectivity index (χ1n) is 12.7. The Kier molecular flexibility index (Phi) is 6.07. The van der Waals surface area contributed by atoms with Crippen LogP contribution in [0.15, 0.2) is 0 Å². The summed E-state index contributed by atoms with van der Waals surface area (Å²) >= 11 is 0. The van der Waals surface area contributed by atoms with E-state index in [2.05, 4.69) is 27.7 Å². The highest BCUT2D eigenvalue weighted by atomic mass is 16.4. The summed E-state index contributed by atoms with van der Waals surface area (Å²) in [5.74, 6) is 2.58. The van der Waals surface area contributed by atoms with E-state index >= 15 is 0 Å². The Labute approximate surface area is 182 Å². The molecule has 4 aliphatic carbocycles. The van der Waals surface area contributed by atoms with Crippen LogP contribution >= 0.6 is 0 Å². The van der Waals surface area contributed by atoms with Gasteiger partial charge in [-0.1, -0.05) is 34.1 Å². The fourth-order valence-electron chi connectivity index (χ4n) is 9.48. The molecule has 0 aliphatic heterocycles. The first-order valence-corrected chi connectivity index (χ1v) is 12.7. The molecule has 0 aromatic rings. The Morgan fingerprint density at radius 1 is 1.00 bits per heavy atom. The minimum atomic E-state index is -0.683. The number of rotatable bonds is 5. The summed E-state index contributed by atoms with van der Waals surface area (Å²) in [6.07, 6.45) is 9.27. The molecule has 0 bridgehead atoms. The van der Waals surface area contributed by atoms with Crippen LogP contribution < -0.4 is 0 Å². The Hall–Kier alpha value is -0.610. The van der Waals surface area contributed by atoms with Gasteiger partial charge in [0.1, 0.15) is 0 Å². The topological polar surface area (TPSA) is 77.8 Å². The molecule has 0 amide bonds. The molecule has 0 radical (unpaired) electrons. The lowest BCUT2D eigenvalue weighted by atomic mass is 9.41. The van der Waals surface area contributed by atoms with E-state index in [1.807, 2.05) is 0 Å². The molecular weight excluding hydrogens is 376 g/mol. The van der Waals surface area contributed by atoms with E-state index in [4.69, 9.17) is 5.11 Å². The molecule has 0 heterocycles. The molecule has 172 valence electrons. The van der Waals surface area contributed by atoms with E-state index in [1.54, 1.807) is 0 Å². The Balaban J connectivity index is 1.61. The summed E-state index contributed by atoms with van der Waals surface area (Å²) in [4.78, 5) is 11.1. The molecule has 4 heteroatoms. The van der Waals surface area contributed by atoms with E-state index in [0.717, 1.165) is 32.1 Å². The predicted octanol–water partition coefficient (Wildman–Crippen LogP) is 5.11. The Morgan fingerprint density at radius 3 is 2.33 bits per heavy atom. The monoisotopic (exact) mass is 420 g/mol. The van der Waals surface area contributed by atoms with Crippen LogP contribution in [0.5, 0.6) is 0 Å². The second-order valence-corrected chi connectivity index (χ2v) is 12.0. The van der Waals surface area contributed by atoms with Crippen molar-refractivity contribution >= 4 is 5.97 Å². The fourth-order valence-corrected chi connectivity index (χ4v) is 9.48. The molecule has 11 atom stereocenters. The lowest BCUT2D eigenvalue weighted by Crippen LogP contribution is -2.62. The Morgan fingerprint density at radius 2 is 1.67 bits per heavy atom. The van der Waals surface area contributed by atoms with Crippen molar-refractivity contribution in [2.45, 2.75) is 104 Å². The summed E-state index contributed by atoms with van der Waals surface area (Å²) < 4.78 is 0. The predicted molar refractivity (Wildman–Crippen MR) is 118 cm³/mol. The summed E-state index contributed by atoms with van der Waals surface area (Å²) in [5.41, 5.74) is 0.480. The molecule has 4 rings (SSSR count). The van der Waals surface area contributed by atoms with E-state index in [0.29, 0.717) is 41.4 Å². The van der Waals surface area contributed by atoms with Crippen LogP contribution in [0, 0.1) is 52.3 Å². The molecule has 4 saturated carbocycles. The highest BCUT2D eigenvalue weighted by molar-refractivity contribution is 5.66. The zero-order valence-electron chi connectivity index (χ0n) is 19.5. The molecule has 4 aliphatic rings. The van der Waals surface area contributed by atoms with Crippen LogP contribution in [-0.4, -0.2) is 33.5 Å². The Bertz CT molecular complexity index is 649. The molecule has 3 N–H and O–H groups in total. The van der Waals surface area contributed by atoms with Crippen molar-refractivity contribution in [1.82, 2.24) is 0 Å². The number of hydrogen-bond donors (Lipinski definition) is 3. The van der Waals surface area contributed by atoms with Crippen LogP contribution in [0.2, 0.25) is 0 Å². The second kappa shape index (κ2) is 8.06. The molecule has 0 spiro atoms. The third-order valence-corrected chi connectivity index (χ3v) is 11.0. The number of aliphatic hydroxyl groups is 2. The van der Waals surface area contributed by atoms with Crippen LogP contribution in [0.1, 0.15) is 91.9 Å². The van der Waals surface area contributed by atoms with Crippen LogP contribution in [0.3, 0.4) is 0 Å². The van der Waals surface area contributed by atoms with Gasteiger partial charge in [0.25, 0.3) is 0 Å². The zero-order chi connectivity index (χ0) is 21.8. The number of fused-ring (bicyclic) bond motifs is 5. The molecule has 6 unspecified atom stereocenters. The summed E-state index contributed by atoms with van der Waals surface area (Å²) in [6, 6.07) is 0. The van der Waals surface area contributed by atoms with Crippen LogP contribution in [0.25, 0.3) is 0 Å². The lowest BCUT2D eigenvalue weighted by Gasteiger charge is -2.64. The van der Waals surface area contributed by atoms with Crippen molar-refractivity contribution in [2.75, 3.05) is 0 Å². The summed E-state index contributed by atoms with van der Waals surface area (Å²) in [6.45, 7) is 9.44. The number of hydrogen-bond acceptors (Lipinski definition) is 3. The standard InChI is InChI=1S/C26H44O4/c1-5-17-21-14-16(27)10-12-26(21,4)20-11-13-25(3)18(15(2)6-9-22(28)29)7-8-19(25)23(20)24(17)30/h15-21,23-24,27,30H,5-14H2,1-4H3,(H,28,29)/t15-,16?,17-,18?,19?,20?,21?,23?,24-,25-,26-/m1/s1. The second-order valence-electron chi connectivity index (χ2n) is 12.0. The number of carboxylic acid groups (broad SMARTS) is 1. The van der Waals surface area contributed by atoms with Gasteiger partial charge >= 0.3 is 5.97 Å². The molecule has 0 aromatic heterocycles. The van der Waals surface area contributed by atoms with Crippen molar-refractivity contribution in [2.24, 2.45) is 52.3 Å². The van der Waals surface area contributed by atoms with E-state index in [-0.39, 0.29) is 29.5 Å². The highest BCUT2D eigenvalue weighted by Gasteiger charge is 2.64. The van der Waals surface area contributed by atoms with Gasteiger partial charge in [-0.05, 0) is 104 Å². The molecule has 4 nitrogen and oxygen atoms in total. The number of aliphatic hydroxyl groups excluding tert-OH is 2. The van der Waals surface area contributed by atoms with Gasteiger partial charge in [-0.3, -0.25) is 4.79 Å².